The number of ketones is 1. The first-order valence-corrected chi connectivity index (χ1v) is 23.1. The number of rotatable bonds is 9. The summed E-state index contributed by atoms with van der Waals surface area (Å²) >= 11 is -2.52. The predicted octanol–water partition coefficient (Wildman–Crippen LogP) is 2.48. The Balaban J connectivity index is 0.00000106. The molecule has 17 nitrogen and oxygen atoms in total. The monoisotopic (exact) mass is 908 g/mol. The number of para-hydroxylation sites is 1. The van der Waals surface area contributed by atoms with Gasteiger partial charge in [0.2, 0.25) is 5.60 Å². The number of benzene rings is 2. The van der Waals surface area contributed by atoms with E-state index in [1.807, 2.05) is 68.3 Å². The van der Waals surface area contributed by atoms with Crippen LogP contribution in [0.4, 0.5) is 5.69 Å². The van der Waals surface area contributed by atoms with Crippen LogP contribution in [0.1, 0.15) is 80.8 Å². The third-order valence-corrected chi connectivity index (χ3v) is 15.9. The van der Waals surface area contributed by atoms with Crippen LogP contribution in [0.25, 0.3) is 10.9 Å². The van der Waals surface area contributed by atoms with E-state index in [4.69, 9.17) is 23.5 Å². The molecule has 6 heterocycles. The lowest BCUT2D eigenvalue weighted by atomic mass is 9.47. The van der Waals surface area contributed by atoms with E-state index in [9.17, 15) is 30.0 Å². The number of methoxy groups -OCH3 is 1. The Morgan fingerprint density at radius 1 is 1.02 bits per heavy atom. The summed E-state index contributed by atoms with van der Waals surface area (Å²) in [5, 5.41) is 55.9. The third kappa shape index (κ3) is 6.66. The van der Waals surface area contributed by atoms with Crippen LogP contribution in [0, 0.1) is 11.3 Å². The molecule has 1 aliphatic carbocycles. The van der Waals surface area contributed by atoms with Crippen LogP contribution in [0.2, 0.25) is 0 Å². The number of hydrogen-bond donors (Lipinski definition) is 7. The van der Waals surface area contributed by atoms with Crippen molar-refractivity contribution in [3.8, 4) is 0 Å². The molecule has 9 rings (SSSR count). The lowest BCUT2D eigenvalue weighted by Crippen LogP contribution is -2.81. The highest BCUT2D eigenvalue weighted by Gasteiger charge is 2.80. The van der Waals surface area contributed by atoms with Gasteiger partial charge in [0.15, 0.2) is 11.9 Å². The highest BCUT2D eigenvalue weighted by atomic mass is 32.2. The number of aromatic amines is 1. The molecule has 6 aliphatic rings. The Morgan fingerprint density at radius 3 is 2.39 bits per heavy atom. The van der Waals surface area contributed by atoms with E-state index in [0.717, 1.165) is 22.0 Å². The van der Waals surface area contributed by atoms with Crippen LogP contribution in [0.15, 0.2) is 48.6 Å². The van der Waals surface area contributed by atoms with Gasteiger partial charge in [-0.05, 0) is 85.4 Å². The summed E-state index contributed by atoms with van der Waals surface area (Å²) in [6.07, 6.45) is 5.60. The van der Waals surface area contributed by atoms with Crippen molar-refractivity contribution in [2.24, 2.45) is 11.3 Å². The van der Waals surface area contributed by atoms with Crippen LogP contribution in [0.3, 0.4) is 0 Å². The SMILES string of the molecule is CC[C@]1(O)C[C@H]2CN(CCc3c([nH]c4ccccc34)[C@@](C(=O)CO)(c3cc4c(cc3CO)N(C)[C@H]3[C@@](O)(C(=O)OC)[C@H](OC(C)=O)[C@]5(CC)C=CCN6CC[C@]43[C@@H]65)C2)C1.O=S(O)OO. The van der Waals surface area contributed by atoms with Crippen LogP contribution in [-0.4, -0.2) is 150 Å². The average Bonchev–Trinajstić information content (AvgIpc) is 3.95. The Kier molecular flexibility index (Phi) is 12.3. The lowest BCUT2D eigenvalue weighted by molar-refractivity contribution is -0.228. The molecule has 0 amide bonds. The number of esters is 2. The average molecular weight is 909 g/mol. The molecule has 2 unspecified atom stereocenters. The molecule has 2 aromatic carbocycles. The second kappa shape index (κ2) is 17.0. The molecule has 5 aliphatic heterocycles. The van der Waals surface area contributed by atoms with E-state index >= 15 is 4.79 Å². The maximum atomic E-state index is 15.3. The number of carbonyl (C=O) groups excluding carboxylic acids is 3. The van der Waals surface area contributed by atoms with E-state index in [1.54, 1.807) is 0 Å². The van der Waals surface area contributed by atoms with Gasteiger partial charge in [-0.1, -0.05) is 50.3 Å². The van der Waals surface area contributed by atoms with Crippen molar-refractivity contribution in [2.75, 3.05) is 58.4 Å². The summed E-state index contributed by atoms with van der Waals surface area (Å²) in [4.78, 5) is 52.9. The number of fused-ring (bicyclic) bond motifs is 6. The maximum Gasteiger partial charge on any atom is 0.344 e. The van der Waals surface area contributed by atoms with Gasteiger partial charge < -0.3 is 39.8 Å². The number of likely N-dealkylation sites (N-methyl/N-ethyl adjacent to an activating group) is 1. The summed E-state index contributed by atoms with van der Waals surface area (Å²) in [7, 11) is 3.06. The number of aliphatic hydroxyl groups is 4. The second-order valence-electron chi connectivity index (χ2n) is 18.7. The van der Waals surface area contributed by atoms with Crippen LogP contribution in [0.5, 0.6) is 0 Å². The van der Waals surface area contributed by atoms with Gasteiger partial charge in [-0.15, -0.1) is 4.33 Å². The molecule has 64 heavy (non-hydrogen) atoms. The van der Waals surface area contributed by atoms with E-state index in [1.165, 1.54) is 14.0 Å². The number of ether oxygens (including phenoxy) is 2. The molecule has 1 spiro atoms. The molecule has 1 aromatic heterocycles. The first-order valence-electron chi connectivity index (χ1n) is 22.0. The number of piperidine rings is 1. The number of Topliss-reactive ketones (excluding diaryl/α,β-unsaturated/α-hetero) is 1. The Morgan fingerprint density at radius 2 is 1.75 bits per heavy atom. The lowest BCUT2D eigenvalue weighted by Gasteiger charge is -2.63. The van der Waals surface area contributed by atoms with Crippen LogP contribution >= 0.6 is 0 Å². The summed E-state index contributed by atoms with van der Waals surface area (Å²) in [5.41, 5.74) is -1.71. The number of hydrogen-bond acceptors (Lipinski definition) is 15. The first kappa shape index (κ1) is 46.4. The Labute approximate surface area is 374 Å². The highest BCUT2D eigenvalue weighted by Crippen LogP contribution is 2.68. The molecule has 11 atom stereocenters. The third-order valence-electron chi connectivity index (χ3n) is 15.8. The topological polar surface area (TPSA) is 243 Å². The maximum absolute atomic E-state index is 15.3. The fourth-order valence-corrected chi connectivity index (χ4v) is 13.7. The molecule has 0 radical (unpaired) electrons. The van der Waals surface area contributed by atoms with Crippen LogP contribution < -0.4 is 4.90 Å². The van der Waals surface area contributed by atoms with E-state index in [-0.39, 0.29) is 18.4 Å². The number of anilines is 1. The van der Waals surface area contributed by atoms with Gasteiger partial charge in [0.05, 0.1) is 30.8 Å². The van der Waals surface area contributed by atoms with Crippen molar-refractivity contribution in [1.82, 2.24) is 14.8 Å². The fraction of sp³-hybridized carbons (Fsp3) is 0.587. The number of nitrogens with one attached hydrogen (secondary N) is 1. The smallest absolute Gasteiger partial charge is 0.344 e. The number of carbonyl (C=O) groups is 3. The summed E-state index contributed by atoms with van der Waals surface area (Å²) in [6.45, 7) is 7.17. The molecular formula is C46H60N4O13S. The number of aliphatic hydroxyl groups excluding tert-OH is 2. The van der Waals surface area contributed by atoms with Crippen molar-refractivity contribution < 1.29 is 62.6 Å². The fourth-order valence-electron chi connectivity index (χ4n) is 13.7. The molecule has 2 saturated heterocycles. The Bertz CT molecular complexity index is 2390. The van der Waals surface area contributed by atoms with Gasteiger partial charge in [-0.2, -0.15) is 4.21 Å². The normalized spacial score (nSPS) is 35.4. The zero-order chi connectivity index (χ0) is 46.1. The number of aromatic nitrogens is 1. The minimum Gasteiger partial charge on any atom is -0.467 e. The molecule has 3 fully saturated rings. The van der Waals surface area contributed by atoms with Gasteiger partial charge in [0.1, 0.15) is 6.61 Å². The van der Waals surface area contributed by atoms with Crippen molar-refractivity contribution in [3.05, 3.63) is 76.5 Å². The largest absolute Gasteiger partial charge is 0.467 e. The quantitative estimate of drug-likeness (QED) is 0.0536. The number of nitrogens with zero attached hydrogens (tertiary/aromatic N) is 3. The standard InChI is InChI=1S/C46H58N4O9.H2O4S/c1-6-42(56)21-28-22-45(36(54)25-52,37-31(13-17-49(23-28)26-42)30-11-8-9-12-34(30)47-37)32-20-33-35(19-29(32)24-51)48(4)39-44(33)15-18-50-16-10-14-43(7-2,38(44)50)40(59-27(3)53)46(39,57)41(55)58-5;1-4-5(2)3/h8-12,14,19-20,28,38-40,47,51-52,56-57H,6-7,13,15-18,21-26H2,1-5H3;1H,(H,2,3)/t28-,38+,39-,40-,42+,43-,44-,45-,46+;/m1./s1. The van der Waals surface area contributed by atoms with Gasteiger partial charge in [0, 0.05) is 79.3 Å². The van der Waals surface area contributed by atoms with Gasteiger partial charge >= 0.3 is 23.3 Å². The molecule has 2 bridgehead atoms. The van der Waals surface area contributed by atoms with Crippen LogP contribution in [-0.2, 0) is 63.4 Å². The summed E-state index contributed by atoms with van der Waals surface area (Å²) in [5.74, 6) is -2.10. The minimum absolute atomic E-state index is 0.156. The molecule has 18 heteroatoms. The summed E-state index contributed by atoms with van der Waals surface area (Å²) in [6, 6.07) is 10.6. The highest BCUT2D eigenvalue weighted by molar-refractivity contribution is 7.74. The van der Waals surface area contributed by atoms with E-state index in [0.29, 0.717) is 87.3 Å². The molecule has 7 N–H and O–H groups in total. The minimum atomic E-state index is -2.52. The van der Waals surface area contributed by atoms with Crippen molar-refractivity contribution in [2.45, 2.75) is 106 Å². The molecular weight excluding hydrogens is 849 g/mol. The predicted molar refractivity (Wildman–Crippen MR) is 234 cm³/mol. The van der Waals surface area contributed by atoms with Gasteiger partial charge in [-0.3, -0.25) is 23.9 Å². The zero-order valence-corrected chi connectivity index (χ0v) is 37.7. The van der Waals surface area contributed by atoms with E-state index < -0.39 is 81.9 Å². The second-order valence-corrected chi connectivity index (χ2v) is 19.3. The van der Waals surface area contributed by atoms with Gasteiger partial charge in [0.25, 0.3) is 0 Å². The van der Waals surface area contributed by atoms with E-state index in [2.05, 4.69) is 25.2 Å². The number of H-pyrrole nitrogens is 1. The van der Waals surface area contributed by atoms with Gasteiger partial charge in [-0.25, -0.2) is 10.1 Å². The molecule has 3 aromatic rings. The summed E-state index contributed by atoms with van der Waals surface area (Å²) < 4.78 is 30.7. The first-order chi connectivity index (χ1) is 30.5. The Hall–Kier alpha value is -4.08. The van der Waals surface area contributed by atoms with Crippen molar-refractivity contribution >= 4 is 45.7 Å². The van der Waals surface area contributed by atoms with Crippen molar-refractivity contribution in [3.63, 3.8) is 0 Å². The van der Waals surface area contributed by atoms with Crippen molar-refractivity contribution in [1.29, 1.82) is 0 Å². The zero-order valence-electron chi connectivity index (χ0n) is 36.9. The molecule has 1 saturated carbocycles. The molecule has 348 valence electrons.